The predicted molar refractivity (Wildman–Crippen MR) is 90.8 cm³/mol. The average Bonchev–Trinajstić information content (AvgIpc) is 3.05. The van der Waals surface area contributed by atoms with Crippen molar-refractivity contribution in [1.29, 1.82) is 0 Å². The number of hydrogen-bond acceptors (Lipinski definition) is 2. The van der Waals surface area contributed by atoms with Gasteiger partial charge in [0, 0.05) is 35.2 Å². The summed E-state index contributed by atoms with van der Waals surface area (Å²) in [4.78, 5) is 25.2. The van der Waals surface area contributed by atoms with Gasteiger partial charge < -0.3 is 9.88 Å². The number of benzene rings is 1. The highest BCUT2D eigenvalue weighted by atomic mass is 16.2. The number of carbonyl (C=O) groups is 2. The summed E-state index contributed by atoms with van der Waals surface area (Å²) in [5, 5.41) is 3.74. The van der Waals surface area contributed by atoms with Gasteiger partial charge in [-0.25, -0.2) is 4.79 Å². The Morgan fingerprint density at radius 1 is 1.22 bits per heavy atom. The van der Waals surface area contributed by atoms with Crippen LogP contribution in [0.15, 0.2) is 36.2 Å². The summed E-state index contributed by atoms with van der Waals surface area (Å²) in [5.74, 6) is -0.266. The first-order valence-electron chi connectivity index (χ1n) is 8.00. The number of urea groups is 1. The van der Waals surface area contributed by atoms with E-state index in [1.807, 2.05) is 18.2 Å². The molecule has 0 radical (unpaired) electrons. The third-order valence-corrected chi connectivity index (χ3v) is 4.42. The van der Waals surface area contributed by atoms with Crippen LogP contribution in [-0.4, -0.2) is 28.0 Å². The first kappa shape index (κ1) is 15.3. The highest BCUT2D eigenvalue weighted by Gasteiger charge is 2.32. The quantitative estimate of drug-likeness (QED) is 0.694. The fourth-order valence-electron chi connectivity index (χ4n) is 2.92. The van der Waals surface area contributed by atoms with E-state index in [0.717, 1.165) is 22.9 Å². The van der Waals surface area contributed by atoms with Gasteiger partial charge in [-0.1, -0.05) is 25.1 Å². The van der Waals surface area contributed by atoms with E-state index in [1.165, 1.54) is 4.90 Å². The molecule has 1 aliphatic heterocycles. The largest absolute Gasteiger partial charge is 0.344 e. The standard InChI is InChI=1S/C18H21N3O2/c1-4-12(3)21-11-13(14-8-6-7-9-16(14)21)10-15-17(22)20(5-2)18(23)19-15/h6-12H,4-5H2,1-3H3,(H,19,23)/b15-10+/t12-/m0/s1. The molecule has 120 valence electrons. The molecule has 1 aliphatic rings. The second-order valence-corrected chi connectivity index (χ2v) is 5.80. The van der Waals surface area contributed by atoms with Crippen molar-refractivity contribution in [1.82, 2.24) is 14.8 Å². The Morgan fingerprint density at radius 3 is 2.61 bits per heavy atom. The van der Waals surface area contributed by atoms with E-state index in [2.05, 4.69) is 36.0 Å². The minimum Gasteiger partial charge on any atom is -0.344 e. The lowest BCUT2D eigenvalue weighted by Crippen LogP contribution is -2.30. The fourth-order valence-corrected chi connectivity index (χ4v) is 2.92. The molecule has 0 saturated carbocycles. The second-order valence-electron chi connectivity index (χ2n) is 5.80. The molecule has 23 heavy (non-hydrogen) atoms. The lowest BCUT2D eigenvalue weighted by Gasteiger charge is -2.12. The fraction of sp³-hybridized carbons (Fsp3) is 0.333. The van der Waals surface area contributed by atoms with Gasteiger partial charge in [0.05, 0.1) is 0 Å². The summed E-state index contributed by atoms with van der Waals surface area (Å²) in [6, 6.07) is 8.14. The van der Waals surface area contributed by atoms with Crippen LogP contribution >= 0.6 is 0 Å². The van der Waals surface area contributed by atoms with Crippen LogP contribution in [-0.2, 0) is 4.79 Å². The van der Waals surface area contributed by atoms with Crippen LogP contribution in [0.3, 0.4) is 0 Å². The second kappa shape index (κ2) is 5.91. The number of hydrogen-bond donors (Lipinski definition) is 1. The van der Waals surface area contributed by atoms with Gasteiger partial charge in [-0.05, 0) is 32.4 Å². The Hall–Kier alpha value is -2.56. The normalized spacial score (nSPS) is 18.0. The van der Waals surface area contributed by atoms with Crippen LogP contribution in [0.2, 0.25) is 0 Å². The molecular formula is C18H21N3O2. The van der Waals surface area contributed by atoms with Crippen LogP contribution in [0.1, 0.15) is 38.8 Å². The monoisotopic (exact) mass is 311 g/mol. The average molecular weight is 311 g/mol. The summed E-state index contributed by atoms with van der Waals surface area (Å²) >= 11 is 0. The number of para-hydroxylation sites is 1. The third kappa shape index (κ3) is 2.52. The molecule has 5 nitrogen and oxygen atoms in total. The minimum atomic E-state index is -0.352. The molecule has 0 spiro atoms. The van der Waals surface area contributed by atoms with E-state index in [9.17, 15) is 9.59 Å². The van der Waals surface area contributed by atoms with Gasteiger partial charge in [0.1, 0.15) is 5.70 Å². The number of carbonyl (C=O) groups excluding carboxylic acids is 2. The minimum absolute atomic E-state index is 0.266. The van der Waals surface area contributed by atoms with E-state index in [0.29, 0.717) is 18.3 Å². The molecule has 1 aromatic carbocycles. The molecule has 1 saturated heterocycles. The van der Waals surface area contributed by atoms with Gasteiger partial charge in [-0.3, -0.25) is 9.69 Å². The maximum atomic E-state index is 12.3. The number of aromatic nitrogens is 1. The van der Waals surface area contributed by atoms with Crippen LogP contribution in [0, 0.1) is 0 Å². The van der Waals surface area contributed by atoms with E-state index >= 15 is 0 Å². The van der Waals surface area contributed by atoms with E-state index in [4.69, 9.17) is 0 Å². The van der Waals surface area contributed by atoms with Crippen molar-refractivity contribution in [2.45, 2.75) is 33.2 Å². The number of likely N-dealkylation sites (N-methyl/N-ethyl adjacent to an activating group) is 1. The molecule has 1 atom stereocenters. The Kier molecular flexibility index (Phi) is 3.94. The lowest BCUT2D eigenvalue weighted by atomic mass is 10.1. The number of imide groups is 1. The number of amides is 3. The summed E-state index contributed by atoms with van der Waals surface area (Å²) in [6.07, 6.45) is 4.85. The molecule has 2 aromatic rings. The molecule has 1 fully saturated rings. The van der Waals surface area contributed by atoms with E-state index in [-0.39, 0.29) is 11.9 Å². The maximum absolute atomic E-state index is 12.3. The maximum Gasteiger partial charge on any atom is 0.328 e. The van der Waals surface area contributed by atoms with Crippen molar-refractivity contribution in [2.75, 3.05) is 6.54 Å². The smallest absolute Gasteiger partial charge is 0.328 e. The molecule has 2 heterocycles. The van der Waals surface area contributed by atoms with Crippen LogP contribution in [0.25, 0.3) is 17.0 Å². The summed E-state index contributed by atoms with van der Waals surface area (Å²) in [6.45, 7) is 6.48. The predicted octanol–water partition coefficient (Wildman–Crippen LogP) is 3.52. The molecule has 5 heteroatoms. The summed E-state index contributed by atoms with van der Waals surface area (Å²) in [5.41, 5.74) is 2.42. The number of nitrogens with one attached hydrogen (secondary N) is 1. The first-order valence-corrected chi connectivity index (χ1v) is 8.00. The van der Waals surface area contributed by atoms with Crippen LogP contribution < -0.4 is 5.32 Å². The Labute approximate surface area is 135 Å². The summed E-state index contributed by atoms with van der Waals surface area (Å²) < 4.78 is 2.22. The molecule has 1 N–H and O–H groups in total. The zero-order chi connectivity index (χ0) is 16.6. The van der Waals surface area contributed by atoms with Crippen molar-refractivity contribution in [3.05, 3.63) is 41.7 Å². The molecule has 1 aromatic heterocycles. The zero-order valence-corrected chi connectivity index (χ0v) is 13.7. The molecule has 0 aliphatic carbocycles. The van der Waals surface area contributed by atoms with Gasteiger partial charge in [0.25, 0.3) is 5.91 Å². The Bertz CT molecular complexity index is 804. The zero-order valence-electron chi connectivity index (χ0n) is 13.7. The topological polar surface area (TPSA) is 54.3 Å². The molecule has 3 amide bonds. The van der Waals surface area contributed by atoms with E-state index in [1.54, 1.807) is 13.0 Å². The van der Waals surface area contributed by atoms with E-state index < -0.39 is 0 Å². The summed E-state index contributed by atoms with van der Waals surface area (Å²) in [7, 11) is 0. The number of rotatable bonds is 4. The Morgan fingerprint density at radius 2 is 1.96 bits per heavy atom. The van der Waals surface area contributed by atoms with Gasteiger partial charge in [0.15, 0.2) is 0 Å². The highest BCUT2D eigenvalue weighted by Crippen LogP contribution is 2.28. The van der Waals surface area contributed by atoms with Crippen LogP contribution in [0.5, 0.6) is 0 Å². The van der Waals surface area contributed by atoms with Gasteiger partial charge in [-0.2, -0.15) is 0 Å². The van der Waals surface area contributed by atoms with Crippen molar-refractivity contribution in [2.24, 2.45) is 0 Å². The number of fused-ring (bicyclic) bond motifs is 1. The number of nitrogens with zero attached hydrogens (tertiary/aromatic N) is 2. The molecule has 0 unspecified atom stereocenters. The van der Waals surface area contributed by atoms with Gasteiger partial charge in [0.2, 0.25) is 0 Å². The first-order chi connectivity index (χ1) is 11.1. The van der Waals surface area contributed by atoms with Crippen molar-refractivity contribution in [3.63, 3.8) is 0 Å². The lowest BCUT2D eigenvalue weighted by molar-refractivity contribution is -0.122. The van der Waals surface area contributed by atoms with Crippen molar-refractivity contribution in [3.8, 4) is 0 Å². The SMILES string of the molecule is CC[C@H](C)n1cc(/C=C2/NC(=O)N(CC)C2=O)c2ccccc21. The van der Waals surface area contributed by atoms with Crippen molar-refractivity contribution < 1.29 is 9.59 Å². The molecule has 3 rings (SSSR count). The Balaban J connectivity index is 2.09. The third-order valence-electron chi connectivity index (χ3n) is 4.42. The highest BCUT2D eigenvalue weighted by molar-refractivity contribution is 6.14. The van der Waals surface area contributed by atoms with Gasteiger partial charge >= 0.3 is 6.03 Å². The molecular weight excluding hydrogens is 290 g/mol. The molecule has 0 bridgehead atoms. The van der Waals surface area contributed by atoms with Crippen LogP contribution in [0.4, 0.5) is 4.79 Å². The van der Waals surface area contributed by atoms with Gasteiger partial charge in [-0.15, -0.1) is 0 Å². The van der Waals surface area contributed by atoms with Crippen molar-refractivity contribution >= 4 is 28.9 Å².